The molecule has 1 amide bonds. The molecule has 6 N–H and O–H groups in total. The molecule has 0 bridgehead atoms. The van der Waals surface area contributed by atoms with Crippen molar-refractivity contribution in [2.45, 2.75) is 487 Å². The molecule has 0 aromatic rings. The molecular formula is C87H165NO10. The molecule has 11 heteroatoms. The van der Waals surface area contributed by atoms with E-state index in [4.69, 9.17) is 14.2 Å². The molecule has 0 spiro atoms. The Kier molecular flexibility index (Phi) is 72.8. The number of esters is 1. The third-order valence-corrected chi connectivity index (χ3v) is 20.7. The molecule has 1 fully saturated rings. The van der Waals surface area contributed by atoms with E-state index in [0.717, 1.165) is 57.8 Å². The lowest BCUT2D eigenvalue weighted by Gasteiger charge is -2.40. The predicted molar refractivity (Wildman–Crippen MR) is 417 cm³/mol. The topological polar surface area (TPSA) is 175 Å². The molecule has 1 rings (SSSR count). The van der Waals surface area contributed by atoms with Gasteiger partial charge < -0.3 is 45.1 Å². The zero-order valence-electron chi connectivity index (χ0n) is 64.8. The van der Waals surface area contributed by atoms with Crippen molar-refractivity contribution in [1.29, 1.82) is 0 Å². The van der Waals surface area contributed by atoms with Crippen molar-refractivity contribution in [2.24, 2.45) is 0 Å². The fourth-order valence-electron chi connectivity index (χ4n) is 14.0. The molecule has 7 unspecified atom stereocenters. The third-order valence-electron chi connectivity index (χ3n) is 20.7. The van der Waals surface area contributed by atoms with Gasteiger partial charge in [-0.3, -0.25) is 9.59 Å². The van der Waals surface area contributed by atoms with Gasteiger partial charge in [-0.2, -0.15) is 0 Å². The van der Waals surface area contributed by atoms with Gasteiger partial charge in [-0.15, -0.1) is 0 Å². The summed E-state index contributed by atoms with van der Waals surface area (Å²) in [5, 5.41) is 54.6. The number of rotatable bonds is 78. The van der Waals surface area contributed by atoms with Crippen LogP contribution in [-0.4, -0.2) is 100 Å². The molecule has 578 valence electrons. The number of nitrogens with one attached hydrogen (secondary N) is 1. The second-order valence-electron chi connectivity index (χ2n) is 30.2. The molecule has 11 nitrogen and oxygen atoms in total. The van der Waals surface area contributed by atoms with Crippen LogP contribution in [0.5, 0.6) is 0 Å². The van der Waals surface area contributed by atoms with Gasteiger partial charge in [0.05, 0.1) is 32.0 Å². The fraction of sp³-hybridized carbons (Fsp3) is 0.908. The fourth-order valence-corrected chi connectivity index (χ4v) is 14.0. The van der Waals surface area contributed by atoms with Crippen molar-refractivity contribution >= 4 is 11.9 Å². The van der Waals surface area contributed by atoms with Gasteiger partial charge in [-0.1, -0.05) is 403 Å². The van der Waals surface area contributed by atoms with Crippen LogP contribution in [0.15, 0.2) is 36.5 Å². The van der Waals surface area contributed by atoms with Gasteiger partial charge in [-0.25, -0.2) is 0 Å². The summed E-state index contributed by atoms with van der Waals surface area (Å²) in [5.74, 6) is -0.156. The van der Waals surface area contributed by atoms with E-state index in [1.165, 1.54) is 360 Å². The van der Waals surface area contributed by atoms with Gasteiger partial charge in [-0.05, 0) is 64.2 Å². The standard InChI is InChI=1S/C87H165NO10/c1-3-5-7-9-11-13-15-17-18-19-41-45-48-51-55-59-63-67-71-75-83(92)96-76-72-68-64-60-56-52-49-46-43-40-38-36-34-32-30-28-26-24-22-20-21-23-25-27-29-31-33-35-37-39-42-44-47-50-54-58-62-66-70-74-82(91)88-79(78-97-87-86(95)85(94)84(93)81(77-89)98-87)80(90)73-69-65-61-57-53-16-14-12-10-8-6-4-2/h20-21,24,26,69,73,79-81,84-87,89-90,93-95H,3-19,22-23,25,27-68,70-72,74-78H2,1-2H3,(H,88,91)/b21-20-,26-24-,73-69+. The highest BCUT2D eigenvalue weighted by molar-refractivity contribution is 5.76. The number of hydrogen-bond donors (Lipinski definition) is 6. The maximum Gasteiger partial charge on any atom is 0.305 e. The summed E-state index contributed by atoms with van der Waals surface area (Å²) >= 11 is 0. The number of ether oxygens (including phenoxy) is 3. The van der Waals surface area contributed by atoms with Crippen LogP contribution >= 0.6 is 0 Å². The van der Waals surface area contributed by atoms with E-state index >= 15 is 0 Å². The number of unbranched alkanes of at least 4 members (excludes halogenated alkanes) is 60. The lowest BCUT2D eigenvalue weighted by atomic mass is 9.99. The summed E-state index contributed by atoms with van der Waals surface area (Å²) in [5.41, 5.74) is 0. The SMILES string of the molecule is CCCCCCCCCCCC/C=C/C(O)C(COC1OC(CO)C(O)C(O)C1O)NC(=O)CCCCCCCCCCCCCCCCCCC/C=C\C/C=C\CCCCCCCCCCCCCCCCCOC(=O)CCCCCCCCCCCCCCCCCCCCC. The lowest BCUT2D eigenvalue weighted by molar-refractivity contribution is -0.302. The quantitative estimate of drug-likeness (QED) is 0.0195. The first kappa shape index (κ1) is 93.9. The normalized spacial score (nSPS) is 17.3. The van der Waals surface area contributed by atoms with Crippen LogP contribution in [-0.2, 0) is 23.8 Å². The monoisotopic (exact) mass is 1380 g/mol. The summed E-state index contributed by atoms with van der Waals surface area (Å²) < 4.78 is 16.8. The number of hydrogen-bond acceptors (Lipinski definition) is 10. The predicted octanol–water partition coefficient (Wildman–Crippen LogP) is 24.0. The number of carbonyl (C=O) groups excluding carboxylic acids is 2. The number of aliphatic hydroxyl groups is 5. The summed E-state index contributed by atoms with van der Waals surface area (Å²) in [6.45, 7) is 4.40. The molecule has 1 heterocycles. The smallest absolute Gasteiger partial charge is 0.305 e. The largest absolute Gasteiger partial charge is 0.466 e. The zero-order valence-corrected chi connectivity index (χ0v) is 64.8. The summed E-state index contributed by atoms with van der Waals surface area (Å²) in [6, 6.07) is -0.808. The Hall–Kier alpha value is -2.12. The van der Waals surface area contributed by atoms with Crippen LogP contribution < -0.4 is 5.32 Å². The molecule has 0 aliphatic carbocycles. The van der Waals surface area contributed by atoms with Crippen LogP contribution in [0.1, 0.15) is 444 Å². The maximum absolute atomic E-state index is 13.1. The summed E-state index contributed by atoms with van der Waals surface area (Å²) in [7, 11) is 0. The first-order valence-corrected chi connectivity index (χ1v) is 43.3. The van der Waals surface area contributed by atoms with Gasteiger partial charge in [0.25, 0.3) is 0 Å². The van der Waals surface area contributed by atoms with Gasteiger partial charge in [0.15, 0.2) is 6.29 Å². The minimum absolute atomic E-state index is 0.0204. The van der Waals surface area contributed by atoms with E-state index in [1.54, 1.807) is 6.08 Å². The van der Waals surface area contributed by atoms with E-state index in [9.17, 15) is 35.1 Å². The molecule has 7 atom stereocenters. The molecule has 1 aliphatic heterocycles. The second-order valence-corrected chi connectivity index (χ2v) is 30.2. The Morgan fingerprint density at radius 3 is 1.03 bits per heavy atom. The zero-order chi connectivity index (χ0) is 70.8. The van der Waals surface area contributed by atoms with E-state index in [2.05, 4.69) is 43.5 Å². The van der Waals surface area contributed by atoms with Crippen molar-refractivity contribution in [3.05, 3.63) is 36.5 Å². The molecule has 1 aliphatic rings. The average Bonchev–Trinajstić information content (AvgIpc) is 0.824. The van der Waals surface area contributed by atoms with Crippen LogP contribution in [0.25, 0.3) is 0 Å². The molecule has 1 saturated heterocycles. The van der Waals surface area contributed by atoms with Crippen LogP contribution in [0.4, 0.5) is 0 Å². The molecular weight excluding hydrogens is 1220 g/mol. The van der Waals surface area contributed by atoms with Gasteiger partial charge in [0.2, 0.25) is 5.91 Å². The van der Waals surface area contributed by atoms with Gasteiger partial charge >= 0.3 is 5.97 Å². The third kappa shape index (κ3) is 63.6. The van der Waals surface area contributed by atoms with E-state index in [1.807, 2.05) is 6.08 Å². The van der Waals surface area contributed by atoms with E-state index in [-0.39, 0.29) is 18.5 Å². The minimum Gasteiger partial charge on any atom is -0.466 e. The molecule has 0 aromatic carbocycles. The van der Waals surface area contributed by atoms with Crippen LogP contribution in [0.2, 0.25) is 0 Å². The molecule has 0 aromatic heterocycles. The number of aliphatic hydroxyl groups excluding tert-OH is 5. The Morgan fingerprint density at radius 1 is 0.378 bits per heavy atom. The van der Waals surface area contributed by atoms with Gasteiger partial charge in [0.1, 0.15) is 24.4 Å². The van der Waals surface area contributed by atoms with Crippen molar-refractivity contribution in [3.63, 3.8) is 0 Å². The Bertz CT molecular complexity index is 1720. The summed E-state index contributed by atoms with van der Waals surface area (Å²) in [6.07, 6.45) is 90.6. The Labute approximate surface area is 606 Å². The number of carbonyl (C=O) groups is 2. The van der Waals surface area contributed by atoms with Crippen LogP contribution in [0.3, 0.4) is 0 Å². The van der Waals surface area contributed by atoms with Gasteiger partial charge in [0, 0.05) is 12.8 Å². The summed E-state index contributed by atoms with van der Waals surface area (Å²) in [4.78, 5) is 25.2. The van der Waals surface area contributed by atoms with Crippen molar-refractivity contribution in [1.82, 2.24) is 5.32 Å². The highest BCUT2D eigenvalue weighted by Crippen LogP contribution is 2.24. The van der Waals surface area contributed by atoms with E-state index < -0.39 is 49.5 Å². The van der Waals surface area contributed by atoms with E-state index in [0.29, 0.717) is 19.4 Å². The second kappa shape index (κ2) is 76.0. The maximum atomic E-state index is 13.1. The number of amides is 1. The minimum atomic E-state index is -1.57. The lowest BCUT2D eigenvalue weighted by Crippen LogP contribution is -2.60. The molecule has 0 radical (unpaired) electrons. The van der Waals surface area contributed by atoms with Crippen LogP contribution in [0, 0.1) is 0 Å². The first-order valence-electron chi connectivity index (χ1n) is 43.3. The van der Waals surface area contributed by atoms with Crippen molar-refractivity contribution < 1.29 is 49.3 Å². The van der Waals surface area contributed by atoms with Crippen molar-refractivity contribution in [3.8, 4) is 0 Å². The highest BCUT2D eigenvalue weighted by Gasteiger charge is 2.44. The molecule has 0 saturated carbocycles. The van der Waals surface area contributed by atoms with Crippen molar-refractivity contribution in [2.75, 3.05) is 19.8 Å². The Morgan fingerprint density at radius 2 is 0.684 bits per heavy atom. The molecule has 98 heavy (non-hydrogen) atoms. The highest BCUT2D eigenvalue weighted by atomic mass is 16.7. The first-order chi connectivity index (χ1) is 48.2. The number of allylic oxidation sites excluding steroid dienone is 5. The average molecular weight is 1390 g/mol. The Balaban J connectivity index is 1.86.